The van der Waals surface area contributed by atoms with E-state index in [1.165, 1.54) is 12.8 Å². The van der Waals surface area contributed by atoms with Gasteiger partial charge in [0.2, 0.25) is 5.91 Å². The highest BCUT2D eigenvalue weighted by Crippen LogP contribution is 2.36. The number of carboxylic acid groups (broad SMARTS) is 1. The second-order valence-corrected chi connectivity index (χ2v) is 14.5. The minimum atomic E-state index is -1.07. The van der Waals surface area contributed by atoms with Crippen molar-refractivity contribution in [2.75, 3.05) is 44.4 Å². The van der Waals surface area contributed by atoms with Crippen LogP contribution in [-0.2, 0) is 19.1 Å². The summed E-state index contributed by atoms with van der Waals surface area (Å²) in [6, 6.07) is 10.6. The number of benzene rings is 2. The van der Waals surface area contributed by atoms with E-state index < -0.39 is 28.7 Å². The molecule has 0 spiro atoms. The Kier molecular flexibility index (Phi) is 12.9. The highest BCUT2D eigenvalue weighted by atomic mass is 16.5. The molecule has 0 radical (unpaired) electrons. The first kappa shape index (κ1) is 41.1. The van der Waals surface area contributed by atoms with Gasteiger partial charge in [0.15, 0.2) is 0 Å². The van der Waals surface area contributed by atoms with E-state index in [0.717, 1.165) is 6.54 Å². The maximum absolute atomic E-state index is 12.5. The van der Waals surface area contributed by atoms with Crippen LogP contribution in [0.25, 0.3) is 21.8 Å². The number of esters is 2. The van der Waals surface area contributed by atoms with Gasteiger partial charge in [0.25, 0.3) is 0 Å². The van der Waals surface area contributed by atoms with Crippen molar-refractivity contribution in [2.24, 2.45) is 16.7 Å². The summed E-state index contributed by atoms with van der Waals surface area (Å²) < 4.78 is 21.9. The van der Waals surface area contributed by atoms with Crippen molar-refractivity contribution < 1.29 is 43.2 Å². The highest BCUT2D eigenvalue weighted by Gasteiger charge is 2.32. The van der Waals surface area contributed by atoms with Crippen LogP contribution in [0.3, 0.4) is 0 Å². The number of ether oxygens (including phenoxy) is 4. The number of aliphatic carboxylic acids is 1. The molecular formula is C40H51N5O9. The first-order valence-corrected chi connectivity index (χ1v) is 17.9. The topological polar surface area (TPSA) is 215 Å². The molecule has 1 amide bonds. The van der Waals surface area contributed by atoms with E-state index in [0.29, 0.717) is 50.6 Å². The van der Waals surface area contributed by atoms with Crippen molar-refractivity contribution in [1.29, 1.82) is 0 Å². The lowest BCUT2D eigenvalue weighted by Crippen LogP contribution is -2.41. The molecular weight excluding hydrogens is 694 g/mol. The van der Waals surface area contributed by atoms with Crippen LogP contribution in [0.15, 0.2) is 36.4 Å². The van der Waals surface area contributed by atoms with Crippen molar-refractivity contribution in [3.63, 3.8) is 0 Å². The summed E-state index contributed by atoms with van der Waals surface area (Å²) >= 11 is 0. The fourth-order valence-corrected chi connectivity index (χ4v) is 5.48. The number of carboxylic acids is 1. The molecule has 2 heterocycles. The molecule has 6 N–H and O–H groups in total. The zero-order valence-electron chi connectivity index (χ0n) is 32.3. The number of nitrogens with two attached hydrogens (primary N) is 2. The molecule has 54 heavy (non-hydrogen) atoms. The van der Waals surface area contributed by atoms with Crippen LogP contribution in [0.2, 0.25) is 0 Å². The zero-order valence-corrected chi connectivity index (χ0v) is 32.3. The van der Waals surface area contributed by atoms with Crippen LogP contribution >= 0.6 is 0 Å². The number of aryl methyl sites for hydroxylation is 2. The van der Waals surface area contributed by atoms with Gasteiger partial charge in [-0.15, -0.1) is 0 Å². The van der Waals surface area contributed by atoms with E-state index >= 15 is 0 Å². The van der Waals surface area contributed by atoms with Crippen LogP contribution in [0.1, 0.15) is 86.5 Å². The number of pyridine rings is 2. The molecule has 14 nitrogen and oxygen atoms in total. The van der Waals surface area contributed by atoms with Gasteiger partial charge < -0.3 is 40.8 Å². The van der Waals surface area contributed by atoms with E-state index in [-0.39, 0.29) is 54.8 Å². The second kappa shape index (κ2) is 17.0. The minimum absolute atomic E-state index is 0.0428. The van der Waals surface area contributed by atoms with E-state index in [4.69, 9.17) is 30.4 Å². The predicted molar refractivity (Wildman–Crippen MR) is 206 cm³/mol. The molecule has 1 saturated carbocycles. The molecule has 5 rings (SSSR count). The molecule has 0 aliphatic heterocycles. The van der Waals surface area contributed by atoms with Gasteiger partial charge in [-0.3, -0.25) is 19.6 Å². The summed E-state index contributed by atoms with van der Waals surface area (Å²) in [4.78, 5) is 57.2. The highest BCUT2D eigenvalue weighted by molar-refractivity contribution is 6.08. The van der Waals surface area contributed by atoms with E-state index in [9.17, 15) is 24.3 Å². The molecule has 0 unspecified atom stereocenters. The van der Waals surface area contributed by atoms with Crippen molar-refractivity contribution in [1.82, 2.24) is 15.3 Å². The second-order valence-electron chi connectivity index (χ2n) is 14.5. The Labute approximate surface area is 314 Å². The minimum Gasteiger partial charge on any atom is -0.492 e. The molecule has 0 saturated heterocycles. The maximum Gasteiger partial charge on any atom is 0.342 e. The molecule has 1 aliphatic rings. The van der Waals surface area contributed by atoms with Gasteiger partial charge >= 0.3 is 17.9 Å². The predicted octanol–water partition coefficient (Wildman–Crippen LogP) is 6.03. The summed E-state index contributed by atoms with van der Waals surface area (Å²) in [6.45, 7) is 15.0. The number of amides is 1. The average molecular weight is 746 g/mol. The quantitative estimate of drug-likeness (QED) is 0.109. The number of hydrogen-bond acceptors (Lipinski definition) is 12. The van der Waals surface area contributed by atoms with Crippen molar-refractivity contribution in [2.45, 2.75) is 68.2 Å². The largest absolute Gasteiger partial charge is 0.492 e. The summed E-state index contributed by atoms with van der Waals surface area (Å²) in [6.07, 6.45) is 2.36. The van der Waals surface area contributed by atoms with Gasteiger partial charge in [-0.1, -0.05) is 12.1 Å². The lowest BCUT2D eigenvalue weighted by molar-refractivity contribution is -0.148. The van der Waals surface area contributed by atoms with Gasteiger partial charge in [0.05, 0.1) is 68.6 Å². The summed E-state index contributed by atoms with van der Waals surface area (Å²) in [5.41, 5.74) is 13.9. The third kappa shape index (κ3) is 9.46. The van der Waals surface area contributed by atoms with Gasteiger partial charge in [-0.05, 0) is 98.4 Å². The van der Waals surface area contributed by atoms with Gasteiger partial charge in [0.1, 0.15) is 35.8 Å². The van der Waals surface area contributed by atoms with Crippen LogP contribution in [0.4, 0.5) is 11.4 Å². The number of carbonyl (C=O) groups excluding carboxylic acids is 3. The third-order valence-corrected chi connectivity index (χ3v) is 8.96. The Hall–Kier alpha value is -5.66. The number of nitrogen functional groups attached to an aromatic ring is 2. The number of hydrogen-bond donors (Lipinski definition) is 4. The average Bonchev–Trinajstić information content (AvgIpc) is 3.93. The maximum atomic E-state index is 12.5. The van der Waals surface area contributed by atoms with Crippen LogP contribution in [0, 0.1) is 30.6 Å². The fraction of sp³-hybridized carbons (Fsp3) is 0.450. The normalized spacial score (nSPS) is 12.7. The van der Waals surface area contributed by atoms with Crippen molar-refractivity contribution in [3.8, 4) is 11.5 Å². The van der Waals surface area contributed by atoms with Crippen LogP contribution in [-0.4, -0.2) is 71.9 Å². The number of aromatic nitrogens is 2. The molecule has 1 fully saturated rings. The molecule has 1 aliphatic carbocycles. The molecule has 4 aromatic rings. The lowest BCUT2D eigenvalue weighted by Gasteiger charge is -2.24. The molecule has 14 heteroatoms. The SMILES string of the molecule is CCOC(=O)c1c(C)nc2cccc(OCC(C)(C)C(=O)NCC3CC3)c2c1N.CCOC(=O)c1c(C)nc2cccc(OCC(C)(C)C(=O)O)c2c1N. The van der Waals surface area contributed by atoms with E-state index in [2.05, 4.69) is 15.3 Å². The number of nitrogens with zero attached hydrogens (tertiary/aromatic N) is 2. The molecule has 0 atom stereocenters. The first-order chi connectivity index (χ1) is 25.4. The zero-order chi connectivity index (χ0) is 40.0. The third-order valence-electron chi connectivity index (χ3n) is 8.96. The van der Waals surface area contributed by atoms with Gasteiger partial charge in [0, 0.05) is 6.54 Å². The number of fused-ring (bicyclic) bond motifs is 2. The fourth-order valence-electron chi connectivity index (χ4n) is 5.48. The number of carbonyl (C=O) groups is 4. The summed E-state index contributed by atoms with van der Waals surface area (Å²) in [5, 5.41) is 13.2. The summed E-state index contributed by atoms with van der Waals surface area (Å²) in [7, 11) is 0. The van der Waals surface area contributed by atoms with Crippen LogP contribution in [0.5, 0.6) is 11.5 Å². The molecule has 0 bridgehead atoms. The van der Waals surface area contributed by atoms with Gasteiger partial charge in [-0.25, -0.2) is 9.59 Å². The summed E-state index contributed by atoms with van der Waals surface area (Å²) in [5.74, 6) is -0.590. The van der Waals surface area contributed by atoms with Gasteiger partial charge in [-0.2, -0.15) is 0 Å². The van der Waals surface area contributed by atoms with Crippen molar-refractivity contribution in [3.05, 3.63) is 58.9 Å². The number of anilines is 2. The molecule has 2 aromatic heterocycles. The molecule has 290 valence electrons. The monoisotopic (exact) mass is 745 g/mol. The smallest absolute Gasteiger partial charge is 0.342 e. The Balaban J connectivity index is 0.000000244. The van der Waals surface area contributed by atoms with Crippen molar-refractivity contribution >= 4 is 57.0 Å². The standard InChI is InChI=1S/C22H29N3O4.C18H22N2O5/c1-5-28-20(26)17-13(2)25-15-7-6-8-16(18(15)19(17)23)29-12-22(3,4)21(27)24-11-14-9-10-14;1-5-24-16(21)13-10(2)20-11-7-6-8-12(14(11)15(13)19)25-9-18(3,4)17(22)23/h6-8,14H,5,9-12H2,1-4H3,(H2,23,25)(H,24,27);6-8H,5,9H2,1-4H3,(H2,19,20)(H,22,23). The lowest BCUT2D eigenvalue weighted by atomic mass is 9.93. The Bertz CT molecular complexity index is 2060. The number of rotatable bonds is 14. The Morgan fingerprint density at radius 3 is 1.57 bits per heavy atom. The van der Waals surface area contributed by atoms with E-state index in [1.807, 2.05) is 26.0 Å². The number of nitrogens with one attached hydrogen (secondary N) is 1. The molecule has 2 aromatic carbocycles. The first-order valence-electron chi connectivity index (χ1n) is 17.9. The van der Waals surface area contributed by atoms with E-state index in [1.54, 1.807) is 65.8 Å². The Morgan fingerprint density at radius 2 is 1.19 bits per heavy atom. The Morgan fingerprint density at radius 1 is 0.759 bits per heavy atom. The van der Waals surface area contributed by atoms with Crippen LogP contribution < -0.4 is 26.3 Å².